The van der Waals surface area contributed by atoms with Crippen molar-refractivity contribution in [3.8, 4) is 0 Å². The summed E-state index contributed by atoms with van der Waals surface area (Å²) in [6.45, 7) is 6.83. The van der Waals surface area contributed by atoms with E-state index < -0.39 is 28.9 Å². The number of halogens is 3. The van der Waals surface area contributed by atoms with Crippen molar-refractivity contribution in [1.82, 2.24) is 15.1 Å². The van der Waals surface area contributed by atoms with Gasteiger partial charge in [-0.25, -0.2) is 13.6 Å². The van der Waals surface area contributed by atoms with Crippen molar-refractivity contribution >= 4 is 22.0 Å². The van der Waals surface area contributed by atoms with Gasteiger partial charge in [0.15, 0.2) is 5.82 Å². The Kier molecular flexibility index (Phi) is 5.51. The quantitative estimate of drug-likeness (QED) is 0.813. The lowest BCUT2D eigenvalue weighted by Gasteiger charge is -2.32. The average molecular weight is 416 g/mol. The second-order valence-corrected chi connectivity index (χ2v) is 7.77. The highest BCUT2D eigenvalue weighted by molar-refractivity contribution is 9.10. The summed E-state index contributed by atoms with van der Waals surface area (Å²) >= 11 is 3.30. The fourth-order valence-electron chi connectivity index (χ4n) is 2.34. The van der Waals surface area contributed by atoms with E-state index in [1.807, 2.05) is 0 Å². The molecule has 0 aliphatic heterocycles. The maximum Gasteiger partial charge on any atom is 0.407 e. The highest BCUT2D eigenvalue weighted by Crippen LogP contribution is 2.30. The summed E-state index contributed by atoms with van der Waals surface area (Å²) in [5.74, 6) is -1.05. The summed E-state index contributed by atoms with van der Waals surface area (Å²) in [4.78, 5) is 12.0. The molecule has 1 aromatic heterocycles. The summed E-state index contributed by atoms with van der Waals surface area (Å²) in [6.07, 6.45) is 1.53. The molecule has 1 amide bonds. The van der Waals surface area contributed by atoms with Crippen molar-refractivity contribution in [2.45, 2.75) is 38.8 Å². The van der Waals surface area contributed by atoms with Gasteiger partial charge in [-0.15, -0.1) is 0 Å². The molecule has 0 spiro atoms. The zero-order chi connectivity index (χ0) is 18.8. The van der Waals surface area contributed by atoms with E-state index in [0.717, 1.165) is 12.4 Å². The van der Waals surface area contributed by atoms with Gasteiger partial charge >= 0.3 is 6.09 Å². The Hall–Kier alpha value is -1.96. The van der Waals surface area contributed by atoms with E-state index in [0.29, 0.717) is 4.47 Å². The van der Waals surface area contributed by atoms with E-state index in [1.54, 1.807) is 39.8 Å². The van der Waals surface area contributed by atoms with Gasteiger partial charge in [-0.1, -0.05) is 15.9 Å². The lowest BCUT2D eigenvalue weighted by Crippen LogP contribution is -2.46. The van der Waals surface area contributed by atoms with E-state index in [2.05, 4.69) is 26.3 Å². The fraction of sp³-hybridized carbons (Fsp3) is 0.412. The molecule has 136 valence electrons. The average Bonchev–Trinajstić information content (AvgIpc) is 2.93. The SMILES string of the molecule is CC(C)(C)OC(=O)NC[C@@](C)(c1cc(Br)ccc1F)n1cc(F)cn1. The zero-order valence-electron chi connectivity index (χ0n) is 14.4. The second-order valence-electron chi connectivity index (χ2n) is 6.86. The first-order chi connectivity index (χ1) is 11.5. The summed E-state index contributed by atoms with van der Waals surface area (Å²) in [6, 6.07) is 4.43. The molecule has 0 radical (unpaired) electrons. The van der Waals surface area contributed by atoms with Crippen LogP contribution in [0.5, 0.6) is 0 Å². The molecule has 0 bridgehead atoms. The van der Waals surface area contributed by atoms with Gasteiger partial charge < -0.3 is 10.1 Å². The minimum Gasteiger partial charge on any atom is -0.444 e. The molecular weight excluding hydrogens is 396 g/mol. The van der Waals surface area contributed by atoms with Crippen LogP contribution >= 0.6 is 15.9 Å². The number of carbonyl (C=O) groups is 1. The van der Waals surface area contributed by atoms with E-state index in [-0.39, 0.29) is 12.1 Å². The Bertz CT molecular complexity index is 773. The van der Waals surface area contributed by atoms with Crippen LogP contribution in [-0.4, -0.2) is 28.0 Å². The molecule has 0 aliphatic carbocycles. The van der Waals surface area contributed by atoms with Crippen LogP contribution in [0.4, 0.5) is 13.6 Å². The number of rotatable bonds is 4. The highest BCUT2D eigenvalue weighted by Gasteiger charge is 2.34. The Morgan fingerprint density at radius 3 is 2.56 bits per heavy atom. The molecule has 1 aromatic carbocycles. The number of benzene rings is 1. The number of aromatic nitrogens is 2. The van der Waals surface area contributed by atoms with Crippen molar-refractivity contribution in [1.29, 1.82) is 0 Å². The first kappa shape index (κ1) is 19.4. The Morgan fingerprint density at radius 1 is 1.32 bits per heavy atom. The Balaban J connectivity index is 2.37. The van der Waals surface area contributed by atoms with Crippen LogP contribution in [0.1, 0.15) is 33.3 Å². The molecule has 0 saturated heterocycles. The third-order valence-electron chi connectivity index (χ3n) is 3.54. The van der Waals surface area contributed by atoms with E-state index in [1.165, 1.54) is 10.7 Å². The molecule has 1 N–H and O–H groups in total. The first-order valence-corrected chi connectivity index (χ1v) is 8.43. The fourth-order valence-corrected chi connectivity index (χ4v) is 2.70. The smallest absolute Gasteiger partial charge is 0.407 e. The molecule has 2 rings (SSSR count). The lowest BCUT2D eigenvalue weighted by atomic mass is 9.91. The van der Waals surface area contributed by atoms with Gasteiger partial charge in [0.25, 0.3) is 0 Å². The number of alkyl carbamates (subject to hydrolysis) is 1. The van der Waals surface area contributed by atoms with Crippen LogP contribution in [-0.2, 0) is 10.3 Å². The molecule has 1 atom stereocenters. The summed E-state index contributed by atoms with van der Waals surface area (Å²) < 4.78 is 35.1. The molecule has 0 unspecified atom stereocenters. The minimum absolute atomic E-state index is 0.0452. The van der Waals surface area contributed by atoms with Crippen LogP contribution in [0.15, 0.2) is 35.1 Å². The number of carbonyl (C=O) groups excluding carboxylic acids is 1. The number of ether oxygens (including phenoxy) is 1. The summed E-state index contributed by atoms with van der Waals surface area (Å²) in [5.41, 5.74) is -1.57. The van der Waals surface area contributed by atoms with Gasteiger partial charge in [-0.2, -0.15) is 5.10 Å². The van der Waals surface area contributed by atoms with E-state index in [4.69, 9.17) is 4.74 Å². The van der Waals surface area contributed by atoms with Crippen molar-refractivity contribution in [3.63, 3.8) is 0 Å². The predicted octanol–water partition coefficient (Wildman–Crippen LogP) is 4.21. The van der Waals surface area contributed by atoms with Gasteiger partial charge in [0, 0.05) is 10.0 Å². The third-order valence-corrected chi connectivity index (χ3v) is 4.03. The maximum absolute atomic E-state index is 14.5. The normalized spacial score (nSPS) is 14.0. The number of hydrogen-bond acceptors (Lipinski definition) is 3. The summed E-state index contributed by atoms with van der Waals surface area (Å²) in [7, 11) is 0. The zero-order valence-corrected chi connectivity index (χ0v) is 16.0. The Labute approximate surface area is 153 Å². The molecule has 0 aliphatic rings. The third kappa shape index (κ3) is 4.78. The molecular formula is C17H20BrF2N3O2. The number of nitrogens with zero attached hydrogens (tertiary/aromatic N) is 2. The largest absolute Gasteiger partial charge is 0.444 e. The molecule has 25 heavy (non-hydrogen) atoms. The molecule has 2 aromatic rings. The second kappa shape index (κ2) is 7.11. The number of hydrogen-bond donors (Lipinski definition) is 1. The lowest BCUT2D eigenvalue weighted by molar-refractivity contribution is 0.0509. The van der Waals surface area contributed by atoms with Gasteiger partial charge in [-0.05, 0) is 45.9 Å². The monoisotopic (exact) mass is 415 g/mol. The topological polar surface area (TPSA) is 56.1 Å². The standard InChI is InChI=1S/C17H20BrF2N3O2/c1-16(2,3)25-15(24)21-10-17(4,23-9-12(19)8-22-23)13-7-11(18)5-6-14(13)20/h5-9H,10H2,1-4H3,(H,21,24)/t17-/m0/s1. The maximum atomic E-state index is 14.5. The van der Waals surface area contributed by atoms with Crippen molar-refractivity contribution < 1.29 is 18.3 Å². The van der Waals surface area contributed by atoms with Crippen LogP contribution in [0.3, 0.4) is 0 Å². The van der Waals surface area contributed by atoms with Gasteiger partial charge in [-0.3, -0.25) is 4.68 Å². The van der Waals surface area contributed by atoms with Crippen molar-refractivity contribution in [3.05, 3.63) is 52.3 Å². The van der Waals surface area contributed by atoms with E-state index in [9.17, 15) is 13.6 Å². The van der Waals surface area contributed by atoms with Gasteiger partial charge in [0.05, 0.1) is 18.9 Å². The molecule has 8 heteroatoms. The van der Waals surface area contributed by atoms with E-state index >= 15 is 0 Å². The molecule has 5 nitrogen and oxygen atoms in total. The van der Waals surface area contributed by atoms with Crippen LogP contribution in [0, 0.1) is 11.6 Å². The van der Waals surface area contributed by atoms with Crippen molar-refractivity contribution in [2.75, 3.05) is 6.54 Å². The molecule has 0 saturated carbocycles. The van der Waals surface area contributed by atoms with Crippen LogP contribution in [0.25, 0.3) is 0 Å². The molecule has 0 fully saturated rings. The predicted molar refractivity (Wildman–Crippen MR) is 93.3 cm³/mol. The first-order valence-electron chi connectivity index (χ1n) is 7.64. The van der Waals surface area contributed by atoms with Gasteiger partial charge in [0.2, 0.25) is 0 Å². The van der Waals surface area contributed by atoms with Crippen LogP contribution in [0.2, 0.25) is 0 Å². The minimum atomic E-state index is -1.16. The summed E-state index contributed by atoms with van der Waals surface area (Å²) in [5, 5.41) is 6.56. The van der Waals surface area contributed by atoms with Crippen molar-refractivity contribution in [2.24, 2.45) is 0 Å². The number of amides is 1. The number of nitrogens with one attached hydrogen (secondary N) is 1. The van der Waals surface area contributed by atoms with Crippen LogP contribution < -0.4 is 5.32 Å². The highest BCUT2D eigenvalue weighted by atomic mass is 79.9. The van der Waals surface area contributed by atoms with Gasteiger partial charge in [0.1, 0.15) is 17.0 Å². The Morgan fingerprint density at radius 2 is 2.00 bits per heavy atom. The molecule has 1 heterocycles.